The molecule has 1 fully saturated rings. The van der Waals surface area contributed by atoms with Crippen molar-refractivity contribution in [1.29, 1.82) is 0 Å². The Morgan fingerprint density at radius 1 is 0.882 bits per heavy atom. The Morgan fingerprint density at radius 3 is 1.82 bits per heavy atom. The molecule has 102 valence electrons. The summed E-state index contributed by atoms with van der Waals surface area (Å²) in [4.78, 5) is 0. The van der Waals surface area contributed by atoms with Crippen LogP contribution in [0.1, 0.15) is 0 Å². The van der Waals surface area contributed by atoms with Gasteiger partial charge >= 0.3 is 0 Å². The molecular formula is C11H22O6. The van der Waals surface area contributed by atoms with Crippen LogP contribution < -0.4 is 0 Å². The van der Waals surface area contributed by atoms with E-state index in [4.69, 9.17) is 23.7 Å². The molecule has 0 aromatic carbocycles. The maximum atomic E-state index is 9.31. The molecule has 0 aromatic heterocycles. The minimum Gasteiger partial charge on any atom is -0.394 e. The topological polar surface area (TPSA) is 66.4 Å². The van der Waals surface area contributed by atoms with E-state index in [0.717, 1.165) is 0 Å². The van der Waals surface area contributed by atoms with Gasteiger partial charge in [-0.1, -0.05) is 0 Å². The lowest BCUT2D eigenvalue weighted by Crippen LogP contribution is -2.61. The van der Waals surface area contributed by atoms with Gasteiger partial charge < -0.3 is 28.8 Å². The smallest absolute Gasteiger partial charge is 0.115 e. The molecule has 0 saturated carbocycles. The van der Waals surface area contributed by atoms with Crippen LogP contribution in [0.4, 0.5) is 0 Å². The van der Waals surface area contributed by atoms with Crippen LogP contribution in [-0.4, -0.2) is 77.3 Å². The van der Waals surface area contributed by atoms with Crippen LogP contribution in [0.15, 0.2) is 0 Å². The van der Waals surface area contributed by atoms with Gasteiger partial charge in [0.15, 0.2) is 0 Å². The third-order valence-electron chi connectivity index (χ3n) is 3.06. The third-order valence-corrected chi connectivity index (χ3v) is 3.06. The third kappa shape index (κ3) is 3.15. The Kier molecular flexibility index (Phi) is 6.32. The summed E-state index contributed by atoms with van der Waals surface area (Å²) < 4.78 is 26.9. The van der Waals surface area contributed by atoms with E-state index < -0.39 is 6.10 Å². The zero-order valence-corrected chi connectivity index (χ0v) is 10.8. The first-order chi connectivity index (χ1) is 8.23. The van der Waals surface area contributed by atoms with E-state index >= 15 is 0 Å². The molecule has 0 radical (unpaired) electrons. The van der Waals surface area contributed by atoms with Crippen LogP contribution in [0.2, 0.25) is 0 Å². The highest BCUT2D eigenvalue weighted by Crippen LogP contribution is 2.27. The summed E-state index contributed by atoms with van der Waals surface area (Å²) in [6, 6.07) is 0. The Labute approximate surface area is 102 Å². The van der Waals surface area contributed by atoms with Crippen LogP contribution in [0.3, 0.4) is 0 Å². The Morgan fingerprint density at radius 2 is 1.41 bits per heavy atom. The van der Waals surface area contributed by atoms with E-state index in [1.807, 2.05) is 0 Å². The van der Waals surface area contributed by atoms with Crippen molar-refractivity contribution in [3.05, 3.63) is 0 Å². The van der Waals surface area contributed by atoms with Gasteiger partial charge in [-0.15, -0.1) is 0 Å². The number of aliphatic hydroxyl groups is 1. The second kappa shape index (κ2) is 7.25. The Hall–Kier alpha value is -0.240. The van der Waals surface area contributed by atoms with Crippen LogP contribution >= 0.6 is 0 Å². The molecule has 5 atom stereocenters. The van der Waals surface area contributed by atoms with Gasteiger partial charge in [0, 0.05) is 28.4 Å². The Bertz CT molecular complexity index is 212. The maximum Gasteiger partial charge on any atom is 0.115 e. The van der Waals surface area contributed by atoms with Crippen LogP contribution in [0.5, 0.6) is 0 Å². The van der Waals surface area contributed by atoms with Crippen molar-refractivity contribution in [2.75, 3.05) is 41.7 Å². The maximum absolute atomic E-state index is 9.31. The van der Waals surface area contributed by atoms with E-state index in [9.17, 15) is 5.11 Å². The molecule has 17 heavy (non-hydrogen) atoms. The quantitative estimate of drug-likeness (QED) is 0.681. The van der Waals surface area contributed by atoms with Crippen molar-refractivity contribution < 1.29 is 28.8 Å². The van der Waals surface area contributed by atoms with Crippen molar-refractivity contribution in [2.24, 2.45) is 0 Å². The van der Waals surface area contributed by atoms with E-state index in [-0.39, 0.29) is 31.0 Å². The van der Waals surface area contributed by atoms with Gasteiger partial charge in [0.2, 0.25) is 0 Å². The first-order valence-corrected chi connectivity index (χ1v) is 5.57. The van der Waals surface area contributed by atoms with Crippen LogP contribution in [-0.2, 0) is 23.7 Å². The largest absolute Gasteiger partial charge is 0.394 e. The average molecular weight is 250 g/mol. The molecule has 0 bridgehead atoms. The summed E-state index contributed by atoms with van der Waals surface area (Å²) in [7, 11) is 6.33. The molecule has 6 heteroatoms. The zero-order chi connectivity index (χ0) is 12.8. The average Bonchev–Trinajstić information content (AvgIpc) is 2.37. The zero-order valence-electron chi connectivity index (χ0n) is 10.8. The number of hydrogen-bond donors (Lipinski definition) is 1. The minimum absolute atomic E-state index is 0.130. The number of aliphatic hydroxyl groups excluding tert-OH is 1. The van der Waals surface area contributed by atoms with Gasteiger partial charge in [-0.25, -0.2) is 0 Å². The van der Waals surface area contributed by atoms with Crippen molar-refractivity contribution in [1.82, 2.24) is 0 Å². The van der Waals surface area contributed by atoms with Gasteiger partial charge in [-0.05, 0) is 0 Å². The summed E-state index contributed by atoms with van der Waals surface area (Å²) in [5.41, 5.74) is 0. The number of methoxy groups -OCH3 is 4. The van der Waals surface area contributed by atoms with Crippen LogP contribution in [0, 0.1) is 0 Å². The summed E-state index contributed by atoms with van der Waals surface area (Å²) in [6.07, 6.45) is -1.65. The van der Waals surface area contributed by atoms with Gasteiger partial charge in [0.1, 0.15) is 30.5 Å². The second-order valence-corrected chi connectivity index (χ2v) is 3.95. The summed E-state index contributed by atoms with van der Waals surface area (Å²) >= 11 is 0. The second-order valence-electron chi connectivity index (χ2n) is 3.95. The molecule has 0 aromatic rings. The first kappa shape index (κ1) is 14.8. The molecular weight excluding hydrogens is 228 g/mol. The monoisotopic (exact) mass is 250 g/mol. The van der Waals surface area contributed by atoms with Gasteiger partial charge in [-0.2, -0.15) is 0 Å². The van der Waals surface area contributed by atoms with Gasteiger partial charge in [0.05, 0.1) is 13.2 Å². The SMILES string of the molecule is COC[C@H]1O[C@H](CO)[C@@H](OC)[C@@H](OC)[C@@H]1OC. The first-order valence-electron chi connectivity index (χ1n) is 5.57. The van der Waals surface area contributed by atoms with E-state index in [1.165, 1.54) is 0 Å². The molecule has 1 rings (SSSR count). The van der Waals surface area contributed by atoms with Crippen molar-refractivity contribution in [2.45, 2.75) is 30.5 Å². The predicted octanol–water partition coefficient (Wildman–Crippen LogP) is -0.562. The summed E-state index contributed by atoms with van der Waals surface area (Å²) in [5, 5.41) is 9.31. The summed E-state index contributed by atoms with van der Waals surface area (Å²) in [6.45, 7) is 0.250. The molecule has 0 aliphatic carbocycles. The van der Waals surface area contributed by atoms with Crippen molar-refractivity contribution in [3.8, 4) is 0 Å². The van der Waals surface area contributed by atoms with Crippen LogP contribution in [0.25, 0.3) is 0 Å². The molecule has 0 amide bonds. The fourth-order valence-corrected chi connectivity index (χ4v) is 2.27. The highest BCUT2D eigenvalue weighted by Gasteiger charge is 2.46. The normalized spacial score (nSPS) is 38.3. The molecule has 0 unspecified atom stereocenters. The van der Waals surface area contributed by atoms with Crippen molar-refractivity contribution >= 4 is 0 Å². The highest BCUT2D eigenvalue weighted by molar-refractivity contribution is 4.94. The van der Waals surface area contributed by atoms with E-state index in [0.29, 0.717) is 6.61 Å². The van der Waals surface area contributed by atoms with Gasteiger partial charge in [-0.3, -0.25) is 0 Å². The molecule has 1 N–H and O–H groups in total. The fourth-order valence-electron chi connectivity index (χ4n) is 2.27. The predicted molar refractivity (Wildman–Crippen MR) is 60.0 cm³/mol. The molecule has 1 saturated heterocycles. The lowest BCUT2D eigenvalue weighted by molar-refractivity contribution is -0.255. The van der Waals surface area contributed by atoms with Gasteiger partial charge in [0.25, 0.3) is 0 Å². The molecule has 0 spiro atoms. The molecule has 6 nitrogen and oxygen atoms in total. The Balaban J connectivity index is 2.84. The molecule has 1 aliphatic rings. The highest BCUT2D eigenvalue weighted by atomic mass is 16.6. The molecule has 1 aliphatic heterocycles. The lowest BCUT2D eigenvalue weighted by atomic mass is 9.95. The minimum atomic E-state index is -0.434. The summed E-state index contributed by atoms with van der Waals surface area (Å²) in [5.74, 6) is 0. The number of ether oxygens (including phenoxy) is 5. The van der Waals surface area contributed by atoms with E-state index in [1.54, 1.807) is 28.4 Å². The fraction of sp³-hybridized carbons (Fsp3) is 1.00. The standard InChI is InChI=1S/C11H22O6/c1-13-6-8-10(15-3)11(16-4)9(14-2)7(5-12)17-8/h7-12H,5-6H2,1-4H3/t7-,8-,9-,10-,11-/m1/s1. The van der Waals surface area contributed by atoms with Crippen molar-refractivity contribution in [3.63, 3.8) is 0 Å². The molecule has 1 heterocycles. The lowest BCUT2D eigenvalue weighted by Gasteiger charge is -2.44. The number of rotatable bonds is 6. The number of hydrogen-bond acceptors (Lipinski definition) is 6. The van der Waals surface area contributed by atoms with E-state index in [2.05, 4.69) is 0 Å².